The Bertz CT molecular complexity index is 834. The zero-order valence-corrected chi connectivity index (χ0v) is 13.7. The lowest BCUT2D eigenvalue weighted by molar-refractivity contribution is 0.284. The summed E-state index contributed by atoms with van der Waals surface area (Å²) in [4.78, 5) is 0. The van der Waals surface area contributed by atoms with Crippen LogP contribution in [0.3, 0.4) is 0 Å². The third-order valence-corrected chi connectivity index (χ3v) is 3.64. The first-order valence-electron chi connectivity index (χ1n) is 7.19. The Kier molecular flexibility index (Phi) is 5.08. The molecule has 3 aromatic rings. The molecule has 2 aromatic carbocycles. The van der Waals surface area contributed by atoms with E-state index in [-0.39, 0.29) is 0 Å². The average Bonchev–Trinajstić information content (AvgIpc) is 3.13. The summed E-state index contributed by atoms with van der Waals surface area (Å²) in [5.41, 5.74) is 1.78. The molecule has 0 amide bonds. The van der Waals surface area contributed by atoms with Gasteiger partial charge in [-0.25, -0.2) is 4.68 Å². The molecule has 6 nitrogen and oxygen atoms in total. The van der Waals surface area contributed by atoms with Crippen LogP contribution in [0, 0.1) is 0 Å². The van der Waals surface area contributed by atoms with Crippen LogP contribution in [0.4, 0.5) is 0 Å². The van der Waals surface area contributed by atoms with Crippen LogP contribution < -0.4 is 9.47 Å². The predicted molar refractivity (Wildman–Crippen MR) is 91.8 cm³/mol. The molecule has 0 saturated heterocycles. The maximum Gasteiger partial charge on any atom is 0.161 e. The van der Waals surface area contributed by atoms with E-state index in [9.17, 15) is 0 Å². The summed E-state index contributed by atoms with van der Waals surface area (Å²) in [5.74, 6) is 1.26. The van der Waals surface area contributed by atoms with Gasteiger partial charge >= 0.3 is 0 Å². The second kappa shape index (κ2) is 7.61. The van der Waals surface area contributed by atoms with Gasteiger partial charge in [0.25, 0.3) is 0 Å². The van der Waals surface area contributed by atoms with Gasteiger partial charge in [0.1, 0.15) is 19.3 Å². The number of rotatable bonds is 6. The van der Waals surface area contributed by atoms with Crippen molar-refractivity contribution >= 4 is 17.8 Å². The molecule has 0 spiro atoms. The first-order valence-corrected chi connectivity index (χ1v) is 7.57. The largest absolute Gasteiger partial charge is 0.493 e. The number of ether oxygens (including phenoxy) is 2. The number of aromatic nitrogens is 3. The second-order valence-electron chi connectivity index (χ2n) is 4.88. The Morgan fingerprint density at radius 2 is 1.92 bits per heavy atom. The van der Waals surface area contributed by atoms with Gasteiger partial charge in [-0.3, -0.25) is 0 Å². The van der Waals surface area contributed by atoms with Gasteiger partial charge in [-0.1, -0.05) is 29.8 Å². The second-order valence-corrected chi connectivity index (χ2v) is 5.28. The van der Waals surface area contributed by atoms with Crippen LogP contribution in [-0.2, 0) is 6.61 Å². The number of methoxy groups -OCH3 is 1. The molecule has 0 bridgehead atoms. The Morgan fingerprint density at radius 3 is 2.67 bits per heavy atom. The first kappa shape index (κ1) is 16.0. The number of benzene rings is 2. The van der Waals surface area contributed by atoms with Crippen LogP contribution in [0.15, 0.2) is 60.2 Å². The summed E-state index contributed by atoms with van der Waals surface area (Å²) in [6.07, 6.45) is 4.70. The number of nitrogens with zero attached hydrogens (tertiary/aromatic N) is 4. The quantitative estimate of drug-likeness (QED) is 0.644. The summed E-state index contributed by atoms with van der Waals surface area (Å²) in [6.45, 7) is 0.365. The summed E-state index contributed by atoms with van der Waals surface area (Å²) < 4.78 is 12.7. The number of hydrogen-bond acceptors (Lipinski definition) is 5. The highest BCUT2D eigenvalue weighted by Crippen LogP contribution is 2.29. The molecule has 0 aliphatic heterocycles. The standard InChI is InChI=1S/C17H15ClN4O2/c1-23-17-8-13(9-21-22-11-19-20-12-22)6-7-16(17)24-10-14-4-2-3-5-15(14)18/h2-9,11-12H,10H2,1H3. The van der Waals surface area contributed by atoms with Gasteiger partial charge in [-0.05, 0) is 29.8 Å². The zero-order valence-electron chi connectivity index (χ0n) is 13.0. The van der Waals surface area contributed by atoms with Gasteiger partial charge < -0.3 is 9.47 Å². The minimum absolute atomic E-state index is 0.365. The van der Waals surface area contributed by atoms with Gasteiger partial charge in [0.05, 0.1) is 13.3 Å². The van der Waals surface area contributed by atoms with Crippen LogP contribution in [0.1, 0.15) is 11.1 Å². The average molecular weight is 343 g/mol. The fourth-order valence-corrected chi connectivity index (χ4v) is 2.23. The lowest BCUT2D eigenvalue weighted by Crippen LogP contribution is -1.99. The van der Waals surface area contributed by atoms with Crippen LogP contribution in [0.25, 0.3) is 0 Å². The minimum Gasteiger partial charge on any atom is -0.493 e. The van der Waals surface area contributed by atoms with Gasteiger partial charge in [0.15, 0.2) is 11.5 Å². The van der Waals surface area contributed by atoms with E-state index in [2.05, 4.69) is 15.3 Å². The Hall–Kier alpha value is -2.86. The van der Waals surface area contributed by atoms with E-state index >= 15 is 0 Å². The van der Waals surface area contributed by atoms with Gasteiger partial charge in [-0.15, -0.1) is 10.2 Å². The monoisotopic (exact) mass is 342 g/mol. The Balaban J connectivity index is 1.73. The molecule has 0 unspecified atom stereocenters. The molecule has 24 heavy (non-hydrogen) atoms. The van der Waals surface area contributed by atoms with Crippen LogP contribution in [0.2, 0.25) is 5.02 Å². The fourth-order valence-electron chi connectivity index (χ4n) is 2.04. The van der Waals surface area contributed by atoms with Crippen molar-refractivity contribution in [3.8, 4) is 11.5 Å². The number of halogens is 1. The molecule has 1 aromatic heterocycles. The topological polar surface area (TPSA) is 61.5 Å². The van der Waals surface area contributed by atoms with Crippen molar-refractivity contribution in [2.45, 2.75) is 6.61 Å². The molecule has 0 aliphatic carbocycles. The van der Waals surface area contributed by atoms with Gasteiger partial charge in [0, 0.05) is 10.6 Å². The Morgan fingerprint density at radius 1 is 1.12 bits per heavy atom. The third kappa shape index (κ3) is 3.91. The SMILES string of the molecule is COc1cc(C=Nn2cnnc2)ccc1OCc1ccccc1Cl. The van der Waals surface area contributed by atoms with Crippen molar-refractivity contribution in [3.63, 3.8) is 0 Å². The molecular weight excluding hydrogens is 328 g/mol. The van der Waals surface area contributed by atoms with Gasteiger partial charge in [-0.2, -0.15) is 5.10 Å². The molecule has 0 aliphatic rings. The van der Waals surface area contributed by atoms with Gasteiger partial charge in [0.2, 0.25) is 0 Å². The van der Waals surface area contributed by atoms with Crippen molar-refractivity contribution in [3.05, 3.63) is 71.3 Å². The minimum atomic E-state index is 0.365. The lowest BCUT2D eigenvalue weighted by atomic mass is 10.2. The molecule has 3 rings (SSSR count). The summed E-state index contributed by atoms with van der Waals surface area (Å²) in [6, 6.07) is 13.1. The maximum absolute atomic E-state index is 6.14. The van der Waals surface area contributed by atoms with Crippen LogP contribution in [0.5, 0.6) is 11.5 Å². The molecule has 1 heterocycles. The summed E-state index contributed by atoms with van der Waals surface area (Å²) in [7, 11) is 1.60. The van der Waals surface area contributed by atoms with Crippen LogP contribution in [-0.4, -0.2) is 28.2 Å². The van der Waals surface area contributed by atoms with E-state index in [4.69, 9.17) is 21.1 Å². The fraction of sp³-hybridized carbons (Fsp3) is 0.118. The summed E-state index contributed by atoms with van der Waals surface area (Å²) >= 11 is 6.14. The molecule has 7 heteroatoms. The third-order valence-electron chi connectivity index (χ3n) is 3.28. The first-order chi connectivity index (χ1) is 11.8. The molecule has 0 saturated carbocycles. The molecule has 0 N–H and O–H groups in total. The highest BCUT2D eigenvalue weighted by Gasteiger charge is 2.07. The molecular formula is C17H15ClN4O2. The van der Waals surface area contributed by atoms with E-state index < -0.39 is 0 Å². The maximum atomic E-state index is 6.14. The van der Waals surface area contributed by atoms with Crippen molar-refractivity contribution in [2.75, 3.05) is 7.11 Å². The molecule has 0 radical (unpaired) electrons. The smallest absolute Gasteiger partial charge is 0.161 e. The molecule has 0 atom stereocenters. The molecule has 122 valence electrons. The van der Waals surface area contributed by atoms with E-state index in [1.807, 2.05) is 42.5 Å². The van der Waals surface area contributed by atoms with E-state index in [0.29, 0.717) is 23.1 Å². The lowest BCUT2D eigenvalue weighted by Gasteiger charge is -2.12. The molecule has 0 fully saturated rings. The van der Waals surface area contributed by atoms with Crippen molar-refractivity contribution < 1.29 is 9.47 Å². The highest BCUT2D eigenvalue weighted by atomic mass is 35.5. The van der Waals surface area contributed by atoms with E-state index in [1.54, 1.807) is 13.3 Å². The zero-order chi connectivity index (χ0) is 16.8. The van der Waals surface area contributed by atoms with Crippen LogP contribution >= 0.6 is 11.6 Å². The highest BCUT2D eigenvalue weighted by molar-refractivity contribution is 6.31. The normalized spacial score (nSPS) is 10.9. The Labute approximate surface area is 144 Å². The van der Waals surface area contributed by atoms with E-state index in [0.717, 1.165) is 11.1 Å². The number of hydrogen-bond donors (Lipinski definition) is 0. The summed E-state index contributed by atoms with van der Waals surface area (Å²) in [5, 5.41) is 12.2. The van der Waals surface area contributed by atoms with E-state index in [1.165, 1.54) is 17.3 Å². The van der Waals surface area contributed by atoms with Crippen molar-refractivity contribution in [1.29, 1.82) is 0 Å². The predicted octanol–water partition coefficient (Wildman–Crippen LogP) is 3.40. The van der Waals surface area contributed by atoms with Crippen molar-refractivity contribution in [1.82, 2.24) is 14.9 Å². The van der Waals surface area contributed by atoms with Crippen molar-refractivity contribution in [2.24, 2.45) is 5.10 Å².